The van der Waals surface area contributed by atoms with E-state index in [0.717, 1.165) is 10.6 Å². The Bertz CT molecular complexity index is 1110. The molecule has 9 nitrogen and oxygen atoms in total. The smallest absolute Gasteiger partial charge is 0.249 e. The number of aliphatic hydroxyl groups excluding tert-OH is 2. The van der Waals surface area contributed by atoms with Gasteiger partial charge in [-0.2, -0.15) is 5.26 Å². The second-order valence-corrected chi connectivity index (χ2v) is 28.2. The number of nitrogens with zero attached hydrogens (tertiary/aromatic N) is 2. The Hall–Kier alpha value is -1.41. The first kappa shape index (κ1) is 33.1. The number of hydroxylamine groups is 2. The van der Waals surface area contributed by atoms with Crippen LogP contribution in [0.25, 0.3) is 0 Å². The van der Waals surface area contributed by atoms with Gasteiger partial charge >= 0.3 is 0 Å². The molecule has 6 atom stereocenters. The maximum Gasteiger partial charge on any atom is 0.249 e. The number of amides is 1. The second kappa shape index (κ2) is 11.0. The Balaban J connectivity index is 2.23. The van der Waals surface area contributed by atoms with Crippen LogP contribution >= 0.6 is 0 Å². The Morgan fingerprint density at radius 2 is 1.52 bits per heavy atom. The normalized spacial score (nSPS) is 31.7. The topological polar surface area (TPSA) is 121 Å². The van der Waals surface area contributed by atoms with Crippen LogP contribution in [0.1, 0.15) is 32.8 Å². The van der Waals surface area contributed by atoms with Crippen molar-refractivity contribution >= 4 is 30.9 Å². The first-order valence-electron chi connectivity index (χ1n) is 13.9. The van der Waals surface area contributed by atoms with Crippen LogP contribution in [-0.2, 0) is 29.5 Å². The highest BCUT2D eigenvalue weighted by atomic mass is 28.4. The predicted octanol–water partition coefficient (Wildman–Crippen LogP) is 4.55. The highest BCUT2D eigenvalue weighted by molar-refractivity contribution is 6.74. The number of benzene rings is 1. The van der Waals surface area contributed by atoms with Crippen molar-refractivity contribution in [1.29, 1.82) is 5.26 Å². The van der Waals surface area contributed by atoms with Crippen molar-refractivity contribution in [2.24, 2.45) is 0 Å². The standard InChI is InChI=1S/C28H48N2O7Si3/c1-26(2,3)40(10,11)36-25-24(35-38(4,5)6)27(22(32)23(33)28(25,19-29)37-39(7,8)9)17-21(31)30(27)34-18-20-15-13-12-14-16-20/h12-16,22-25,32-33H,17-18H2,1-11H3/t22-,23+,24-,25+,27-,28+/m1/s1. The van der Waals surface area contributed by atoms with E-state index in [-0.39, 0.29) is 24.0 Å². The van der Waals surface area contributed by atoms with Crippen molar-refractivity contribution in [2.75, 3.05) is 0 Å². The molecule has 40 heavy (non-hydrogen) atoms. The number of β-lactam (4-membered cyclic amide) rings is 1. The highest BCUT2D eigenvalue weighted by Gasteiger charge is 2.76. The fraction of sp³-hybridized carbons (Fsp3) is 0.714. The summed E-state index contributed by atoms with van der Waals surface area (Å²) in [5, 5.41) is 35.4. The zero-order valence-electron chi connectivity index (χ0n) is 25.9. The largest absolute Gasteiger partial charge is 0.409 e. The molecular formula is C28H48N2O7Si3. The number of hydrogen-bond acceptors (Lipinski definition) is 8. The van der Waals surface area contributed by atoms with E-state index in [1.54, 1.807) is 0 Å². The molecule has 224 valence electrons. The van der Waals surface area contributed by atoms with Gasteiger partial charge in [0.25, 0.3) is 0 Å². The zero-order chi connectivity index (χ0) is 30.5. The summed E-state index contributed by atoms with van der Waals surface area (Å²) in [5.74, 6) is -0.340. The van der Waals surface area contributed by atoms with E-state index >= 15 is 0 Å². The molecule has 2 fully saturated rings. The van der Waals surface area contributed by atoms with Crippen LogP contribution in [0.2, 0.25) is 57.4 Å². The van der Waals surface area contributed by atoms with Gasteiger partial charge in [-0.1, -0.05) is 51.1 Å². The molecule has 1 heterocycles. The molecule has 0 radical (unpaired) electrons. The SMILES string of the molecule is CC(C)(C)[Si](C)(C)O[C@H]1[C@@H](O[Si](C)(C)C)[C@@]2(CC(=O)N2OCc2ccccc2)[C@H](O)[C@H](O)[C@]1(C#N)O[Si](C)(C)C. The minimum Gasteiger partial charge on any atom is -0.409 e. The van der Waals surface area contributed by atoms with E-state index in [4.69, 9.17) is 18.1 Å². The van der Waals surface area contributed by atoms with Crippen molar-refractivity contribution < 1.29 is 33.1 Å². The molecular weight excluding hydrogens is 561 g/mol. The number of hydrogen-bond donors (Lipinski definition) is 2. The van der Waals surface area contributed by atoms with Crippen molar-refractivity contribution in [2.45, 2.75) is 127 Å². The van der Waals surface area contributed by atoms with Gasteiger partial charge in [0.2, 0.25) is 11.5 Å². The molecule has 1 aromatic carbocycles. The summed E-state index contributed by atoms with van der Waals surface area (Å²) in [6.45, 7) is 22.3. The van der Waals surface area contributed by atoms with Gasteiger partial charge in [-0.25, -0.2) is 5.06 Å². The average Bonchev–Trinajstić information content (AvgIpc) is 2.80. The highest BCUT2D eigenvalue weighted by Crippen LogP contribution is 2.53. The number of carbonyl (C=O) groups is 1. The molecule has 3 rings (SSSR count). The molecule has 2 aliphatic rings. The molecule has 1 saturated carbocycles. The van der Waals surface area contributed by atoms with E-state index in [1.807, 2.05) is 69.6 Å². The van der Waals surface area contributed by atoms with Crippen molar-refractivity contribution in [3.8, 4) is 6.07 Å². The van der Waals surface area contributed by atoms with Gasteiger partial charge in [-0.15, -0.1) is 0 Å². The summed E-state index contributed by atoms with van der Waals surface area (Å²) in [7, 11) is -7.53. The maximum absolute atomic E-state index is 13.1. The lowest BCUT2D eigenvalue weighted by Gasteiger charge is -2.65. The first-order chi connectivity index (χ1) is 18.1. The van der Waals surface area contributed by atoms with Crippen LogP contribution in [0, 0.1) is 11.3 Å². The quantitative estimate of drug-likeness (QED) is 0.309. The van der Waals surface area contributed by atoms with E-state index in [1.165, 1.54) is 0 Å². The Kier molecular flexibility index (Phi) is 9.12. The number of nitriles is 1. The van der Waals surface area contributed by atoms with Crippen LogP contribution in [0.4, 0.5) is 0 Å². The van der Waals surface area contributed by atoms with Crippen LogP contribution in [0.3, 0.4) is 0 Å². The van der Waals surface area contributed by atoms with Crippen molar-refractivity contribution in [3.63, 3.8) is 0 Å². The summed E-state index contributed by atoms with van der Waals surface area (Å²) in [6.07, 6.45) is -5.47. The number of carbonyl (C=O) groups excluding carboxylic acids is 1. The third kappa shape index (κ3) is 6.18. The van der Waals surface area contributed by atoms with Gasteiger partial charge in [0, 0.05) is 0 Å². The summed E-state index contributed by atoms with van der Waals surface area (Å²) in [4.78, 5) is 19.2. The lowest BCUT2D eigenvalue weighted by Crippen LogP contribution is -2.87. The van der Waals surface area contributed by atoms with Crippen LogP contribution in [0.5, 0.6) is 0 Å². The van der Waals surface area contributed by atoms with Crippen LogP contribution in [-0.4, -0.2) is 81.7 Å². The summed E-state index contributed by atoms with van der Waals surface area (Å²) in [6, 6.07) is 11.7. The molecule has 1 amide bonds. The molecule has 0 bridgehead atoms. The third-order valence-corrected chi connectivity index (χ3v) is 14.4. The van der Waals surface area contributed by atoms with E-state index in [0.29, 0.717) is 0 Å². The Morgan fingerprint density at radius 1 is 0.950 bits per heavy atom. The lowest BCUT2D eigenvalue weighted by atomic mass is 9.62. The number of aliphatic hydroxyl groups is 2. The first-order valence-corrected chi connectivity index (χ1v) is 23.7. The van der Waals surface area contributed by atoms with E-state index < -0.39 is 60.5 Å². The van der Waals surface area contributed by atoms with E-state index in [9.17, 15) is 20.3 Å². The molecule has 1 saturated heterocycles. The lowest BCUT2D eigenvalue weighted by molar-refractivity contribution is -0.342. The number of rotatable bonds is 9. The zero-order valence-corrected chi connectivity index (χ0v) is 28.9. The van der Waals surface area contributed by atoms with Gasteiger partial charge in [0.1, 0.15) is 42.6 Å². The Labute approximate surface area is 242 Å². The molecule has 1 aromatic rings. The van der Waals surface area contributed by atoms with Crippen LogP contribution in [0.15, 0.2) is 30.3 Å². The molecule has 0 unspecified atom stereocenters. The van der Waals surface area contributed by atoms with Gasteiger partial charge in [-0.3, -0.25) is 9.63 Å². The van der Waals surface area contributed by atoms with Gasteiger partial charge in [-0.05, 0) is 63.0 Å². The van der Waals surface area contributed by atoms with Crippen molar-refractivity contribution in [3.05, 3.63) is 35.9 Å². The summed E-state index contributed by atoms with van der Waals surface area (Å²) < 4.78 is 20.3. The van der Waals surface area contributed by atoms with Crippen molar-refractivity contribution in [1.82, 2.24) is 5.06 Å². The fourth-order valence-corrected chi connectivity index (χ4v) is 8.84. The predicted molar refractivity (Wildman–Crippen MR) is 161 cm³/mol. The average molecular weight is 609 g/mol. The molecule has 0 aromatic heterocycles. The fourth-order valence-electron chi connectivity index (χ4n) is 5.17. The monoisotopic (exact) mass is 608 g/mol. The second-order valence-electron chi connectivity index (χ2n) is 14.6. The minimum absolute atomic E-state index is 0.0827. The molecule has 2 N–H and O–H groups in total. The molecule has 1 aliphatic carbocycles. The van der Waals surface area contributed by atoms with Gasteiger partial charge in [0.05, 0.1) is 6.42 Å². The molecule has 12 heteroatoms. The van der Waals surface area contributed by atoms with E-state index in [2.05, 4.69) is 39.9 Å². The third-order valence-electron chi connectivity index (χ3n) is 8.04. The molecule has 1 spiro atoms. The van der Waals surface area contributed by atoms with Gasteiger partial charge in [0.15, 0.2) is 25.0 Å². The maximum atomic E-state index is 13.1. The Morgan fingerprint density at radius 3 is 1.98 bits per heavy atom. The summed E-state index contributed by atoms with van der Waals surface area (Å²) in [5.41, 5.74) is -2.55. The van der Waals surface area contributed by atoms with Crippen LogP contribution < -0.4 is 0 Å². The van der Waals surface area contributed by atoms with Gasteiger partial charge < -0.3 is 23.5 Å². The minimum atomic E-state index is -2.62. The molecule has 1 aliphatic heterocycles. The summed E-state index contributed by atoms with van der Waals surface area (Å²) >= 11 is 0.